The van der Waals surface area contributed by atoms with Gasteiger partial charge < -0.3 is 15.8 Å². The van der Waals surface area contributed by atoms with Crippen LogP contribution >= 0.6 is 0 Å². The molecule has 1 atom stereocenters. The highest BCUT2D eigenvalue weighted by atomic mass is 16.6. The van der Waals surface area contributed by atoms with Crippen molar-refractivity contribution in [3.8, 4) is 0 Å². The SMILES string of the molecule is CC(OCCNc1ccc([N+](=O)[O-])c2nonc12)C(N)=O. The molecule has 3 N–H and O–H groups in total. The van der Waals surface area contributed by atoms with Crippen molar-refractivity contribution in [1.29, 1.82) is 0 Å². The highest BCUT2D eigenvalue weighted by Crippen LogP contribution is 2.28. The van der Waals surface area contributed by atoms with E-state index in [0.29, 0.717) is 12.2 Å². The normalized spacial score (nSPS) is 12.2. The van der Waals surface area contributed by atoms with Crippen LogP contribution in [-0.2, 0) is 9.53 Å². The van der Waals surface area contributed by atoms with Gasteiger partial charge in [-0.25, -0.2) is 4.63 Å². The van der Waals surface area contributed by atoms with Crippen LogP contribution in [0.15, 0.2) is 16.8 Å². The topological polar surface area (TPSA) is 146 Å². The molecule has 1 heterocycles. The quantitative estimate of drug-likeness (QED) is 0.424. The summed E-state index contributed by atoms with van der Waals surface area (Å²) in [7, 11) is 0. The van der Waals surface area contributed by atoms with Gasteiger partial charge >= 0.3 is 5.69 Å². The number of carbonyl (C=O) groups is 1. The Balaban J connectivity index is 2.03. The number of aromatic nitrogens is 2. The summed E-state index contributed by atoms with van der Waals surface area (Å²) >= 11 is 0. The standard InChI is InChI=1S/C11H13N5O5/c1-6(11(12)17)20-5-4-13-7-2-3-8(16(18)19)10-9(7)14-21-15-10/h2-3,6,13H,4-5H2,1H3,(H2,12,17). The molecule has 0 fully saturated rings. The number of amides is 1. The number of primary amides is 1. The molecule has 10 nitrogen and oxygen atoms in total. The summed E-state index contributed by atoms with van der Waals surface area (Å²) in [6.45, 7) is 2.14. The number of fused-ring (bicyclic) bond motifs is 1. The van der Waals surface area contributed by atoms with Crippen LogP contribution in [0, 0.1) is 10.1 Å². The van der Waals surface area contributed by atoms with Crippen LogP contribution in [0.25, 0.3) is 11.0 Å². The molecule has 10 heteroatoms. The van der Waals surface area contributed by atoms with Gasteiger partial charge in [-0.1, -0.05) is 0 Å². The summed E-state index contributed by atoms with van der Waals surface area (Å²) in [4.78, 5) is 21.1. The number of ether oxygens (including phenoxy) is 1. The monoisotopic (exact) mass is 295 g/mol. The molecule has 0 aliphatic carbocycles. The minimum Gasteiger partial charge on any atom is -0.381 e. The Hall–Kier alpha value is -2.75. The molecule has 0 saturated heterocycles. The summed E-state index contributed by atoms with van der Waals surface area (Å²) in [5.74, 6) is -0.548. The van der Waals surface area contributed by atoms with E-state index in [2.05, 4.69) is 20.3 Å². The molecule has 0 radical (unpaired) electrons. The Morgan fingerprint density at radius 3 is 2.90 bits per heavy atom. The first kappa shape index (κ1) is 14.7. The summed E-state index contributed by atoms with van der Waals surface area (Å²) < 4.78 is 9.71. The number of nitrogens with one attached hydrogen (secondary N) is 1. The summed E-state index contributed by atoms with van der Waals surface area (Å²) in [5, 5.41) is 21.0. The van der Waals surface area contributed by atoms with E-state index in [4.69, 9.17) is 10.5 Å². The molecule has 1 unspecified atom stereocenters. The summed E-state index contributed by atoms with van der Waals surface area (Å²) in [6.07, 6.45) is -0.683. The maximum atomic E-state index is 10.8. The van der Waals surface area contributed by atoms with Crippen molar-refractivity contribution in [3.05, 3.63) is 22.2 Å². The van der Waals surface area contributed by atoms with Crippen LogP contribution in [0.2, 0.25) is 0 Å². The van der Waals surface area contributed by atoms with Crippen molar-refractivity contribution in [3.63, 3.8) is 0 Å². The first-order valence-electron chi connectivity index (χ1n) is 6.05. The number of nitrogens with zero attached hydrogens (tertiary/aromatic N) is 3. The highest BCUT2D eigenvalue weighted by Gasteiger charge is 2.19. The van der Waals surface area contributed by atoms with Gasteiger partial charge in [0.1, 0.15) is 6.10 Å². The van der Waals surface area contributed by atoms with Gasteiger partial charge in [-0.2, -0.15) is 0 Å². The number of hydrogen-bond donors (Lipinski definition) is 2. The minimum atomic E-state index is -0.683. The molecule has 0 aliphatic heterocycles. The Morgan fingerprint density at radius 1 is 1.52 bits per heavy atom. The molecule has 0 aliphatic rings. The molecule has 21 heavy (non-hydrogen) atoms. The Morgan fingerprint density at radius 2 is 2.24 bits per heavy atom. The van der Waals surface area contributed by atoms with Gasteiger partial charge in [0, 0.05) is 12.6 Å². The molecule has 1 amide bonds. The van der Waals surface area contributed by atoms with Crippen molar-refractivity contribution in [1.82, 2.24) is 10.3 Å². The smallest absolute Gasteiger partial charge is 0.300 e. The lowest BCUT2D eigenvalue weighted by Gasteiger charge is -2.10. The van der Waals surface area contributed by atoms with E-state index < -0.39 is 16.9 Å². The summed E-state index contributed by atoms with van der Waals surface area (Å²) in [6, 6.07) is 2.81. The van der Waals surface area contributed by atoms with Gasteiger partial charge in [-0.3, -0.25) is 14.9 Å². The zero-order valence-electron chi connectivity index (χ0n) is 11.1. The lowest BCUT2D eigenvalue weighted by molar-refractivity contribution is -0.383. The molecule has 2 rings (SSSR count). The van der Waals surface area contributed by atoms with Crippen LogP contribution in [0.5, 0.6) is 0 Å². The van der Waals surface area contributed by atoms with E-state index in [1.54, 1.807) is 6.92 Å². The predicted molar refractivity (Wildman–Crippen MR) is 71.6 cm³/mol. The molecule has 112 valence electrons. The number of hydrogen-bond acceptors (Lipinski definition) is 8. The molecular weight excluding hydrogens is 282 g/mol. The second-order valence-electron chi connectivity index (χ2n) is 4.19. The zero-order chi connectivity index (χ0) is 15.4. The third-order valence-corrected chi connectivity index (χ3v) is 2.78. The average molecular weight is 295 g/mol. The zero-order valence-corrected chi connectivity index (χ0v) is 11.1. The molecule has 0 bridgehead atoms. The maximum absolute atomic E-state index is 10.8. The van der Waals surface area contributed by atoms with Crippen molar-refractivity contribution in [2.45, 2.75) is 13.0 Å². The molecule has 1 aromatic carbocycles. The van der Waals surface area contributed by atoms with Crippen LogP contribution in [0.3, 0.4) is 0 Å². The van der Waals surface area contributed by atoms with Crippen molar-refractivity contribution in [2.75, 3.05) is 18.5 Å². The first-order chi connectivity index (χ1) is 10.0. The third kappa shape index (κ3) is 3.23. The van der Waals surface area contributed by atoms with Crippen LogP contribution < -0.4 is 11.1 Å². The largest absolute Gasteiger partial charge is 0.381 e. The molecule has 0 spiro atoms. The fourth-order valence-corrected chi connectivity index (χ4v) is 1.65. The van der Waals surface area contributed by atoms with Crippen molar-refractivity contribution < 1.29 is 19.1 Å². The fourth-order valence-electron chi connectivity index (χ4n) is 1.65. The van der Waals surface area contributed by atoms with Crippen LogP contribution in [0.4, 0.5) is 11.4 Å². The Labute approximate surface area is 118 Å². The Kier molecular flexibility index (Phi) is 4.28. The van der Waals surface area contributed by atoms with E-state index >= 15 is 0 Å². The average Bonchev–Trinajstić information content (AvgIpc) is 2.92. The number of nitro groups is 1. The minimum absolute atomic E-state index is 0.0661. The van der Waals surface area contributed by atoms with Crippen LogP contribution in [0.1, 0.15) is 6.92 Å². The van der Waals surface area contributed by atoms with E-state index in [1.165, 1.54) is 12.1 Å². The number of non-ortho nitro benzene ring substituents is 1. The predicted octanol–water partition coefficient (Wildman–Crippen LogP) is 0.433. The van der Waals surface area contributed by atoms with Gasteiger partial charge in [-0.15, -0.1) is 0 Å². The number of anilines is 1. The number of rotatable bonds is 7. The fraction of sp³-hybridized carbons (Fsp3) is 0.364. The lowest BCUT2D eigenvalue weighted by Crippen LogP contribution is -2.29. The van der Waals surface area contributed by atoms with Gasteiger partial charge in [0.15, 0.2) is 5.52 Å². The molecular formula is C11H13N5O5. The Bertz CT molecular complexity index is 670. The number of benzene rings is 1. The van der Waals surface area contributed by atoms with E-state index in [9.17, 15) is 14.9 Å². The number of nitro benzene ring substituents is 1. The van der Waals surface area contributed by atoms with Gasteiger partial charge in [0.25, 0.3) is 0 Å². The molecule has 1 aromatic heterocycles. The van der Waals surface area contributed by atoms with Gasteiger partial charge in [0.05, 0.1) is 17.2 Å². The maximum Gasteiger partial charge on any atom is 0.300 e. The highest BCUT2D eigenvalue weighted by molar-refractivity contribution is 5.93. The molecule has 0 saturated carbocycles. The van der Waals surface area contributed by atoms with E-state index in [1.807, 2.05) is 0 Å². The van der Waals surface area contributed by atoms with E-state index in [-0.39, 0.29) is 23.3 Å². The number of carbonyl (C=O) groups excluding carboxylic acids is 1. The first-order valence-corrected chi connectivity index (χ1v) is 6.05. The van der Waals surface area contributed by atoms with Crippen LogP contribution in [-0.4, -0.2) is 40.4 Å². The second-order valence-corrected chi connectivity index (χ2v) is 4.19. The lowest BCUT2D eigenvalue weighted by atomic mass is 10.2. The van der Waals surface area contributed by atoms with Crippen molar-refractivity contribution >= 4 is 28.3 Å². The number of nitrogens with two attached hydrogens (primary N) is 1. The van der Waals surface area contributed by atoms with Gasteiger partial charge in [-0.05, 0) is 23.3 Å². The summed E-state index contributed by atoms with van der Waals surface area (Å²) in [5.41, 5.74) is 5.71. The second kappa shape index (κ2) is 6.13. The third-order valence-electron chi connectivity index (χ3n) is 2.78. The van der Waals surface area contributed by atoms with E-state index in [0.717, 1.165) is 0 Å². The van der Waals surface area contributed by atoms with Crippen molar-refractivity contribution in [2.24, 2.45) is 5.73 Å². The molecule has 2 aromatic rings. The van der Waals surface area contributed by atoms with Gasteiger partial charge in [0.2, 0.25) is 11.4 Å².